The molecule has 0 bridgehead atoms. The average Bonchev–Trinajstić information content (AvgIpc) is 3.47. The van der Waals surface area contributed by atoms with Crippen LogP contribution in [-0.4, -0.2) is 53.6 Å². The minimum Gasteiger partial charge on any atom is -0.442 e. The number of halogens is 2. The Hall–Kier alpha value is -4.28. The van der Waals surface area contributed by atoms with Crippen molar-refractivity contribution in [2.75, 3.05) is 24.5 Å². The van der Waals surface area contributed by atoms with Crippen LogP contribution in [0.5, 0.6) is 0 Å². The molecule has 0 spiro atoms. The van der Waals surface area contributed by atoms with Crippen molar-refractivity contribution in [2.24, 2.45) is 0 Å². The highest BCUT2D eigenvalue weighted by molar-refractivity contribution is 5.95. The van der Waals surface area contributed by atoms with Crippen molar-refractivity contribution in [3.63, 3.8) is 0 Å². The summed E-state index contributed by atoms with van der Waals surface area (Å²) in [7, 11) is 0. The van der Waals surface area contributed by atoms with Crippen molar-refractivity contribution in [3.05, 3.63) is 71.8 Å². The van der Waals surface area contributed by atoms with Crippen LogP contribution < -0.4 is 15.5 Å². The fourth-order valence-electron chi connectivity index (χ4n) is 3.70. The second kappa shape index (κ2) is 10.3. The largest absolute Gasteiger partial charge is 0.442 e. The van der Waals surface area contributed by atoms with Gasteiger partial charge in [0, 0.05) is 37.3 Å². The molecule has 182 valence electrons. The van der Waals surface area contributed by atoms with Gasteiger partial charge in [0.25, 0.3) is 5.91 Å². The molecule has 9 nitrogen and oxygen atoms in total. The molecule has 0 aliphatic carbocycles. The first-order valence-corrected chi connectivity index (χ1v) is 10.9. The van der Waals surface area contributed by atoms with E-state index in [-0.39, 0.29) is 41.4 Å². The quantitative estimate of drug-likeness (QED) is 0.456. The van der Waals surface area contributed by atoms with E-state index in [2.05, 4.69) is 20.6 Å². The van der Waals surface area contributed by atoms with Gasteiger partial charge < -0.3 is 20.4 Å². The smallest absolute Gasteiger partial charge is 0.414 e. The molecule has 3 amide bonds. The molecule has 1 aromatic heterocycles. The van der Waals surface area contributed by atoms with Gasteiger partial charge in [0.1, 0.15) is 17.7 Å². The number of nitrogens with one attached hydrogen (secondary N) is 3. The summed E-state index contributed by atoms with van der Waals surface area (Å²) in [4.78, 5) is 43.6. The number of ether oxygens (including phenoxy) is 1. The first-order chi connectivity index (χ1) is 16.8. The second-order valence-corrected chi connectivity index (χ2v) is 7.99. The van der Waals surface area contributed by atoms with Crippen LogP contribution in [0.2, 0.25) is 0 Å². The number of carbonyl (C=O) groups excluding carboxylic acids is 3. The maximum Gasteiger partial charge on any atom is 0.414 e. The van der Waals surface area contributed by atoms with Crippen molar-refractivity contribution in [1.29, 1.82) is 0 Å². The highest BCUT2D eigenvalue weighted by Gasteiger charge is 2.32. The molecule has 3 aromatic rings. The SMILES string of the molecule is CC(=O)NCC1CN(c2ccc(-c3ccc(C(=O)NCCc4cnc[nH]4)c(F)c3)c(F)c2)C(=O)O1. The van der Waals surface area contributed by atoms with Crippen LogP contribution in [0.25, 0.3) is 11.1 Å². The standard InChI is InChI=1S/C24H23F2N5O4/c1-14(32)29-11-18-12-31(24(34)35-18)17-3-5-19(22(26)9-17)15-2-4-20(21(25)8-15)23(33)28-7-6-16-10-27-13-30-16/h2-5,8-10,13,18H,6-7,11-12H2,1H3,(H,27,30)(H,28,33)(H,29,32). The lowest BCUT2D eigenvalue weighted by atomic mass is 10.0. The number of benzene rings is 2. The Morgan fingerprint density at radius 1 is 1.17 bits per heavy atom. The van der Waals surface area contributed by atoms with Gasteiger partial charge in [0.15, 0.2) is 0 Å². The number of aromatic nitrogens is 2. The molecule has 1 fully saturated rings. The topological polar surface area (TPSA) is 116 Å². The predicted molar refractivity (Wildman–Crippen MR) is 123 cm³/mol. The molecule has 0 radical (unpaired) electrons. The zero-order valence-electron chi connectivity index (χ0n) is 18.8. The van der Waals surface area contributed by atoms with Gasteiger partial charge in [0.05, 0.1) is 30.7 Å². The average molecular weight is 483 g/mol. The lowest BCUT2D eigenvalue weighted by Gasteiger charge is -2.15. The van der Waals surface area contributed by atoms with Gasteiger partial charge >= 0.3 is 6.09 Å². The number of hydrogen-bond acceptors (Lipinski definition) is 5. The second-order valence-electron chi connectivity index (χ2n) is 7.99. The Bertz CT molecular complexity index is 1250. The van der Waals surface area contributed by atoms with Crippen LogP contribution in [0.3, 0.4) is 0 Å². The van der Waals surface area contributed by atoms with Crippen LogP contribution in [0.1, 0.15) is 23.0 Å². The van der Waals surface area contributed by atoms with Gasteiger partial charge in [-0.05, 0) is 35.9 Å². The molecule has 3 N–H and O–H groups in total. The molecule has 1 saturated heterocycles. The van der Waals surface area contributed by atoms with Crippen LogP contribution in [0, 0.1) is 11.6 Å². The Morgan fingerprint density at radius 3 is 2.69 bits per heavy atom. The molecule has 0 saturated carbocycles. The van der Waals surface area contributed by atoms with Crippen molar-refractivity contribution in [2.45, 2.75) is 19.4 Å². The van der Waals surface area contributed by atoms with Crippen LogP contribution in [0.4, 0.5) is 19.3 Å². The molecule has 1 unspecified atom stereocenters. The summed E-state index contributed by atoms with van der Waals surface area (Å²) in [6.07, 6.45) is 2.48. The Kier molecular flexibility index (Phi) is 7.04. The molecule has 11 heteroatoms. The van der Waals surface area contributed by atoms with Gasteiger partial charge in [-0.1, -0.05) is 6.07 Å². The van der Waals surface area contributed by atoms with Gasteiger partial charge in [-0.25, -0.2) is 18.6 Å². The summed E-state index contributed by atoms with van der Waals surface area (Å²) in [6, 6.07) is 7.96. The molecule has 2 aromatic carbocycles. The van der Waals surface area contributed by atoms with Gasteiger partial charge in [-0.15, -0.1) is 0 Å². The normalized spacial score (nSPS) is 15.1. The Balaban J connectivity index is 1.42. The third-order valence-corrected chi connectivity index (χ3v) is 5.48. The first-order valence-electron chi connectivity index (χ1n) is 10.9. The summed E-state index contributed by atoms with van der Waals surface area (Å²) in [5.41, 5.74) is 1.32. The first kappa shape index (κ1) is 23.9. The number of imidazole rings is 1. The highest BCUT2D eigenvalue weighted by atomic mass is 19.1. The van der Waals surface area contributed by atoms with E-state index >= 15 is 0 Å². The fourth-order valence-corrected chi connectivity index (χ4v) is 3.70. The maximum atomic E-state index is 14.9. The van der Waals surface area contributed by atoms with Gasteiger partial charge in [0.2, 0.25) is 5.91 Å². The number of hydrogen-bond donors (Lipinski definition) is 3. The van der Waals surface area contributed by atoms with E-state index in [0.29, 0.717) is 13.0 Å². The number of aromatic amines is 1. The van der Waals surface area contributed by atoms with E-state index in [4.69, 9.17) is 4.74 Å². The molecule has 1 atom stereocenters. The molecule has 4 rings (SSSR count). The molecule has 35 heavy (non-hydrogen) atoms. The minimum atomic E-state index is -0.783. The third-order valence-electron chi connectivity index (χ3n) is 5.48. The van der Waals surface area contributed by atoms with E-state index in [1.54, 1.807) is 6.20 Å². The number of H-pyrrole nitrogens is 1. The van der Waals surface area contributed by atoms with E-state index in [0.717, 1.165) is 17.8 Å². The van der Waals surface area contributed by atoms with E-state index < -0.39 is 29.7 Å². The van der Waals surface area contributed by atoms with E-state index in [9.17, 15) is 23.2 Å². The number of anilines is 1. The summed E-state index contributed by atoms with van der Waals surface area (Å²) in [6.45, 7) is 1.95. The predicted octanol–water partition coefficient (Wildman–Crippen LogP) is 2.79. The third kappa shape index (κ3) is 5.62. The molecular weight excluding hydrogens is 460 g/mol. The highest BCUT2D eigenvalue weighted by Crippen LogP contribution is 2.30. The van der Waals surface area contributed by atoms with Crippen LogP contribution in [0.15, 0.2) is 48.9 Å². The Morgan fingerprint density at radius 2 is 2.00 bits per heavy atom. The van der Waals surface area contributed by atoms with Crippen molar-refractivity contribution in [3.8, 4) is 11.1 Å². The molecule has 1 aliphatic heterocycles. The van der Waals surface area contributed by atoms with Gasteiger partial charge in [-0.2, -0.15) is 0 Å². The summed E-state index contributed by atoms with van der Waals surface area (Å²) < 4.78 is 34.8. The minimum absolute atomic E-state index is 0.112. The number of carbonyl (C=O) groups is 3. The van der Waals surface area contributed by atoms with Gasteiger partial charge in [-0.3, -0.25) is 14.5 Å². The molecule has 2 heterocycles. The lowest BCUT2D eigenvalue weighted by molar-refractivity contribution is -0.119. The number of rotatable bonds is 8. The molecule has 1 aliphatic rings. The zero-order chi connectivity index (χ0) is 24.9. The van der Waals surface area contributed by atoms with Crippen molar-refractivity contribution < 1.29 is 27.9 Å². The number of amides is 3. The van der Waals surface area contributed by atoms with Crippen molar-refractivity contribution >= 4 is 23.6 Å². The monoisotopic (exact) mass is 483 g/mol. The number of cyclic esters (lactones) is 1. The lowest BCUT2D eigenvalue weighted by Crippen LogP contribution is -2.33. The maximum absolute atomic E-state index is 14.9. The summed E-state index contributed by atoms with van der Waals surface area (Å²) in [5, 5.41) is 5.21. The zero-order valence-corrected chi connectivity index (χ0v) is 18.8. The Labute approximate surface area is 199 Å². The van der Waals surface area contributed by atoms with Crippen LogP contribution in [-0.2, 0) is 16.0 Å². The fraction of sp³-hybridized carbons (Fsp3) is 0.250. The van der Waals surface area contributed by atoms with E-state index in [1.807, 2.05) is 0 Å². The van der Waals surface area contributed by atoms with Crippen molar-refractivity contribution in [1.82, 2.24) is 20.6 Å². The van der Waals surface area contributed by atoms with E-state index in [1.165, 1.54) is 42.4 Å². The summed E-state index contributed by atoms with van der Waals surface area (Å²) in [5.74, 6) is -2.28. The van der Waals surface area contributed by atoms with Crippen LogP contribution >= 0.6 is 0 Å². The number of nitrogens with zero attached hydrogens (tertiary/aromatic N) is 2. The molecular formula is C24H23F2N5O4. The summed E-state index contributed by atoms with van der Waals surface area (Å²) >= 11 is 0.